The van der Waals surface area contributed by atoms with Gasteiger partial charge in [-0.15, -0.1) is 0 Å². The molecule has 45 heavy (non-hydrogen) atoms. The van der Waals surface area contributed by atoms with Gasteiger partial charge < -0.3 is 24.0 Å². The Kier molecular flexibility index (Phi) is 9.76. The summed E-state index contributed by atoms with van der Waals surface area (Å²) < 4.78 is 56.9. The molecule has 3 aliphatic heterocycles. The zero-order valence-electron chi connectivity index (χ0n) is 24.6. The fourth-order valence-corrected chi connectivity index (χ4v) is 5.72. The van der Waals surface area contributed by atoms with E-state index in [9.17, 15) is 18.0 Å². The van der Waals surface area contributed by atoms with Gasteiger partial charge in [-0.2, -0.15) is 13.2 Å². The van der Waals surface area contributed by atoms with E-state index in [1.165, 1.54) is 0 Å². The molecule has 1 amide bonds. The molecule has 11 nitrogen and oxygen atoms in total. The highest BCUT2D eigenvalue weighted by Crippen LogP contribution is 2.29. The number of aromatic nitrogens is 2. The molecule has 240 valence electrons. The zero-order chi connectivity index (χ0) is 31.2. The average Bonchev–Trinajstić information content (AvgIpc) is 3.42. The number of rotatable bonds is 11. The number of benzene rings is 2. The number of ether oxygens (including phenoxy) is 3. The van der Waals surface area contributed by atoms with Gasteiger partial charge in [-0.3, -0.25) is 9.69 Å². The molecule has 1 aromatic heterocycles. The fourth-order valence-electron chi connectivity index (χ4n) is 5.72. The molecular weight excluding hydrogens is 591 g/mol. The van der Waals surface area contributed by atoms with Crippen LogP contribution in [0.5, 0.6) is 5.75 Å². The van der Waals surface area contributed by atoms with Crippen LogP contribution >= 0.6 is 0 Å². The molecule has 0 saturated carbocycles. The van der Waals surface area contributed by atoms with Gasteiger partial charge in [0.25, 0.3) is 0 Å². The van der Waals surface area contributed by atoms with Crippen molar-refractivity contribution in [1.29, 1.82) is 0 Å². The number of anilines is 1. The van der Waals surface area contributed by atoms with Crippen molar-refractivity contribution < 1.29 is 32.2 Å². The predicted molar refractivity (Wildman–Crippen MR) is 158 cm³/mol. The lowest BCUT2D eigenvalue weighted by Gasteiger charge is -2.45. The Morgan fingerprint density at radius 2 is 1.62 bits per heavy atom. The summed E-state index contributed by atoms with van der Waals surface area (Å²) >= 11 is 0. The Hall–Kier alpha value is -3.82. The van der Waals surface area contributed by atoms with Gasteiger partial charge in [0.05, 0.1) is 18.8 Å². The number of nitrogens with zero attached hydrogens (tertiary/aromatic N) is 5. The van der Waals surface area contributed by atoms with E-state index in [0.717, 1.165) is 30.1 Å². The number of amides is 1. The van der Waals surface area contributed by atoms with Crippen molar-refractivity contribution in [1.82, 2.24) is 30.6 Å². The number of piperazine rings is 1. The van der Waals surface area contributed by atoms with E-state index in [1.54, 1.807) is 9.80 Å². The van der Waals surface area contributed by atoms with Crippen LogP contribution in [0, 0.1) is 0 Å². The largest absolute Gasteiger partial charge is 0.489 e. The quantitative estimate of drug-likeness (QED) is 0.330. The number of halogens is 3. The first-order chi connectivity index (χ1) is 21.8. The van der Waals surface area contributed by atoms with E-state index in [-0.39, 0.29) is 43.0 Å². The van der Waals surface area contributed by atoms with Gasteiger partial charge >= 0.3 is 6.18 Å². The Labute approximate surface area is 259 Å². The van der Waals surface area contributed by atoms with Crippen LogP contribution in [0.2, 0.25) is 0 Å². The van der Waals surface area contributed by atoms with Crippen molar-refractivity contribution in [2.24, 2.45) is 0 Å². The van der Waals surface area contributed by atoms with Crippen LogP contribution in [-0.2, 0) is 27.1 Å². The van der Waals surface area contributed by atoms with E-state index in [0.29, 0.717) is 45.9 Å². The maximum Gasteiger partial charge on any atom is 0.419 e. The molecule has 3 aliphatic rings. The van der Waals surface area contributed by atoms with Gasteiger partial charge in [-0.05, 0) is 17.7 Å². The summed E-state index contributed by atoms with van der Waals surface area (Å²) in [4.78, 5) is 26.4. The molecule has 4 heterocycles. The lowest BCUT2D eigenvalue weighted by atomic mass is 10.2. The minimum Gasteiger partial charge on any atom is -0.489 e. The van der Waals surface area contributed by atoms with E-state index >= 15 is 0 Å². The van der Waals surface area contributed by atoms with E-state index in [4.69, 9.17) is 14.2 Å². The molecule has 0 aliphatic carbocycles. The Morgan fingerprint density at radius 1 is 0.933 bits per heavy atom. The van der Waals surface area contributed by atoms with Gasteiger partial charge in [-0.1, -0.05) is 48.5 Å². The Balaban J connectivity index is 0.998. The summed E-state index contributed by atoms with van der Waals surface area (Å²) in [6, 6.07) is 19.7. The Morgan fingerprint density at radius 3 is 2.27 bits per heavy atom. The predicted octanol–water partition coefficient (Wildman–Crippen LogP) is 2.66. The molecule has 2 aromatic carbocycles. The van der Waals surface area contributed by atoms with Crippen LogP contribution < -0.4 is 20.5 Å². The normalized spacial score (nSPS) is 24.0. The topological polar surface area (TPSA) is 104 Å². The monoisotopic (exact) mass is 627 g/mol. The molecule has 3 aromatic rings. The minimum absolute atomic E-state index is 0.0115. The number of carbonyl (C=O) groups is 1. The third kappa shape index (κ3) is 7.89. The first kappa shape index (κ1) is 31.2. The van der Waals surface area contributed by atoms with Crippen LogP contribution in [0.4, 0.5) is 19.1 Å². The maximum absolute atomic E-state index is 13.0. The molecule has 0 spiro atoms. The first-order valence-electron chi connectivity index (χ1n) is 15.0. The summed E-state index contributed by atoms with van der Waals surface area (Å²) in [5.41, 5.74) is 6.60. The zero-order valence-corrected chi connectivity index (χ0v) is 24.6. The number of carbonyl (C=O) groups excluding carboxylic acids is 1. The molecule has 3 fully saturated rings. The summed E-state index contributed by atoms with van der Waals surface area (Å²) in [6.45, 7) is 3.02. The smallest absolute Gasteiger partial charge is 0.419 e. The van der Waals surface area contributed by atoms with Crippen LogP contribution in [0.25, 0.3) is 0 Å². The summed E-state index contributed by atoms with van der Waals surface area (Å²) in [5, 5.41) is 0. The molecule has 6 rings (SSSR count). The van der Waals surface area contributed by atoms with Crippen molar-refractivity contribution >= 4 is 11.9 Å². The Bertz CT molecular complexity index is 1380. The second kappa shape index (κ2) is 14.1. The number of likely N-dealkylation sites (tertiary alicyclic amines) is 1. The number of hydrogen-bond acceptors (Lipinski definition) is 10. The third-order valence-electron chi connectivity index (χ3n) is 8.17. The summed E-state index contributed by atoms with van der Waals surface area (Å²) in [6.07, 6.45) is -2.59. The van der Waals surface area contributed by atoms with E-state index in [2.05, 4.69) is 25.7 Å². The molecule has 0 bridgehead atoms. The van der Waals surface area contributed by atoms with Crippen LogP contribution in [0.3, 0.4) is 0 Å². The fraction of sp³-hybridized carbons (Fsp3) is 0.452. The summed E-state index contributed by atoms with van der Waals surface area (Å²) in [5.74, 6) is 0.874. The van der Waals surface area contributed by atoms with E-state index < -0.39 is 11.7 Å². The number of para-hydroxylation sites is 1. The molecule has 3 saturated heterocycles. The second-order valence-electron chi connectivity index (χ2n) is 11.2. The molecule has 14 heteroatoms. The van der Waals surface area contributed by atoms with Crippen molar-refractivity contribution in [2.75, 3.05) is 50.8 Å². The van der Waals surface area contributed by atoms with Crippen molar-refractivity contribution in [3.05, 3.63) is 84.2 Å². The molecule has 1 unspecified atom stereocenters. The minimum atomic E-state index is -4.49. The van der Waals surface area contributed by atoms with Gasteiger partial charge in [0.1, 0.15) is 24.6 Å². The number of nitrogens with one attached hydrogen (secondary N) is 2. The number of hydrogen-bond donors (Lipinski definition) is 2. The lowest BCUT2D eigenvalue weighted by Crippen LogP contribution is -2.75. The van der Waals surface area contributed by atoms with Crippen molar-refractivity contribution in [3.63, 3.8) is 0 Å². The van der Waals surface area contributed by atoms with Crippen LogP contribution in [0.1, 0.15) is 17.5 Å². The van der Waals surface area contributed by atoms with Gasteiger partial charge in [-0.25, -0.2) is 20.8 Å². The highest BCUT2D eigenvalue weighted by Gasteiger charge is 2.45. The first-order valence-corrected chi connectivity index (χ1v) is 15.0. The number of alkyl halides is 3. The standard InChI is InChI=1S/C31H36F3N7O4/c32-31(33,34)23-16-35-30(36-17-23)40-13-11-39(12-14-40)27(42)21-43-20-24-15-26(45-25-9-5-2-6-10-25)18-41(24)28-29(38-37-28)44-19-22-7-3-1-4-8-22/h1-10,16-17,24,26,28-29,37-38H,11-15,18-21H2/t24-,26-,28+,29?/m0/s1. The van der Waals surface area contributed by atoms with Gasteiger partial charge in [0.2, 0.25) is 11.9 Å². The lowest BCUT2D eigenvalue weighted by molar-refractivity contribution is -0.143. The highest BCUT2D eigenvalue weighted by atomic mass is 19.4. The molecule has 0 radical (unpaired) electrons. The average molecular weight is 628 g/mol. The molecule has 4 atom stereocenters. The van der Waals surface area contributed by atoms with Crippen LogP contribution in [0.15, 0.2) is 73.1 Å². The molecule has 2 N–H and O–H groups in total. The number of hydrazine groups is 1. The van der Waals surface area contributed by atoms with Gasteiger partial charge in [0.15, 0.2) is 6.23 Å². The van der Waals surface area contributed by atoms with Crippen molar-refractivity contribution in [2.45, 2.75) is 43.7 Å². The van der Waals surface area contributed by atoms with Gasteiger partial charge in [0, 0.05) is 57.6 Å². The maximum atomic E-state index is 13.0. The van der Waals surface area contributed by atoms with Crippen molar-refractivity contribution in [3.8, 4) is 5.75 Å². The highest BCUT2D eigenvalue weighted by molar-refractivity contribution is 5.77. The SMILES string of the molecule is O=C(COC[C@@H]1C[C@H](Oc2ccccc2)CN1[C@H]1NNC1OCc1ccccc1)N1CCN(c2ncc(C(F)(F)F)cn2)CC1. The molecular formula is C31H36F3N7O4. The van der Waals surface area contributed by atoms with Crippen LogP contribution in [-0.4, -0.2) is 96.2 Å². The van der Waals surface area contributed by atoms with E-state index in [1.807, 2.05) is 60.7 Å². The third-order valence-corrected chi connectivity index (χ3v) is 8.17. The second-order valence-corrected chi connectivity index (χ2v) is 11.2. The summed E-state index contributed by atoms with van der Waals surface area (Å²) in [7, 11) is 0.